The molecule has 0 saturated heterocycles. The van der Waals surface area contributed by atoms with Crippen LogP contribution in [0, 0.1) is 12.3 Å². The Balaban J connectivity index is 2.59. The number of pyridine rings is 1. The van der Waals surface area contributed by atoms with Gasteiger partial charge in [-0.2, -0.15) is 0 Å². The highest BCUT2D eigenvalue weighted by Crippen LogP contribution is 2.20. The van der Waals surface area contributed by atoms with Gasteiger partial charge in [-0.25, -0.2) is 0 Å². The van der Waals surface area contributed by atoms with Crippen LogP contribution in [-0.4, -0.2) is 11.1 Å². The van der Waals surface area contributed by atoms with Gasteiger partial charge in [-0.05, 0) is 37.8 Å². The Morgan fingerprint density at radius 1 is 1.38 bits per heavy atom. The molecule has 0 spiro atoms. The molecule has 0 aliphatic carbocycles. The van der Waals surface area contributed by atoms with Crippen LogP contribution in [0.4, 0.5) is 0 Å². The summed E-state index contributed by atoms with van der Waals surface area (Å²) in [4.78, 5) is 11.6. The lowest BCUT2D eigenvalue weighted by Crippen LogP contribution is -2.25. The summed E-state index contributed by atoms with van der Waals surface area (Å²) in [5.74, 6) is 0. The van der Waals surface area contributed by atoms with Gasteiger partial charge in [-0.15, -0.1) is 0 Å². The third kappa shape index (κ3) is 3.49. The fraction of sp³-hybridized carbons (Fsp3) is 0.615. The molecule has 0 unspecified atom stereocenters. The SMILES string of the molecule is Cc1cccc(=O)n1CCCC(C)(C)CN. The van der Waals surface area contributed by atoms with E-state index in [2.05, 4.69) is 13.8 Å². The topological polar surface area (TPSA) is 48.0 Å². The first-order chi connectivity index (χ1) is 7.46. The van der Waals surface area contributed by atoms with E-state index in [1.165, 1.54) is 0 Å². The van der Waals surface area contributed by atoms with Crippen LogP contribution in [0.25, 0.3) is 0 Å². The molecule has 0 amide bonds. The van der Waals surface area contributed by atoms with Crippen molar-refractivity contribution < 1.29 is 0 Å². The third-order valence-electron chi connectivity index (χ3n) is 3.06. The Hall–Kier alpha value is -1.09. The molecule has 0 atom stereocenters. The lowest BCUT2D eigenvalue weighted by Gasteiger charge is -2.22. The zero-order valence-electron chi connectivity index (χ0n) is 10.5. The molecule has 1 aromatic rings. The van der Waals surface area contributed by atoms with Crippen molar-refractivity contribution in [2.45, 2.75) is 40.2 Å². The van der Waals surface area contributed by atoms with Gasteiger partial charge in [0.15, 0.2) is 0 Å². The van der Waals surface area contributed by atoms with Crippen LogP contribution in [0.3, 0.4) is 0 Å². The molecule has 3 nitrogen and oxygen atoms in total. The molecular formula is C13H22N2O. The highest BCUT2D eigenvalue weighted by Gasteiger charge is 2.14. The van der Waals surface area contributed by atoms with Crippen molar-refractivity contribution in [2.24, 2.45) is 11.1 Å². The molecule has 0 saturated carbocycles. The summed E-state index contributed by atoms with van der Waals surface area (Å²) in [5.41, 5.74) is 6.96. The summed E-state index contributed by atoms with van der Waals surface area (Å²) in [5, 5.41) is 0. The van der Waals surface area contributed by atoms with Gasteiger partial charge >= 0.3 is 0 Å². The average molecular weight is 222 g/mol. The van der Waals surface area contributed by atoms with E-state index in [0.29, 0.717) is 6.54 Å². The maximum Gasteiger partial charge on any atom is 0.250 e. The van der Waals surface area contributed by atoms with Gasteiger partial charge in [0.1, 0.15) is 0 Å². The van der Waals surface area contributed by atoms with Crippen molar-refractivity contribution in [1.82, 2.24) is 4.57 Å². The van der Waals surface area contributed by atoms with E-state index in [1.54, 1.807) is 12.1 Å². The molecule has 90 valence electrons. The summed E-state index contributed by atoms with van der Waals surface area (Å²) in [6.45, 7) is 7.77. The van der Waals surface area contributed by atoms with Gasteiger partial charge < -0.3 is 10.3 Å². The molecule has 16 heavy (non-hydrogen) atoms. The van der Waals surface area contributed by atoms with Gasteiger partial charge in [-0.3, -0.25) is 4.79 Å². The second-order valence-electron chi connectivity index (χ2n) is 5.13. The standard InChI is InChI=1S/C13H22N2O/c1-11-6-4-7-12(16)15(11)9-5-8-13(2,3)10-14/h4,6-7H,5,8-10,14H2,1-3H3. The molecule has 2 N–H and O–H groups in total. The molecule has 0 radical (unpaired) electrons. The molecule has 1 heterocycles. The lowest BCUT2D eigenvalue weighted by molar-refractivity contribution is 0.326. The molecule has 0 fully saturated rings. The summed E-state index contributed by atoms with van der Waals surface area (Å²) in [6, 6.07) is 5.38. The molecule has 0 aliphatic heterocycles. The van der Waals surface area contributed by atoms with Gasteiger partial charge in [0.25, 0.3) is 5.56 Å². The fourth-order valence-electron chi connectivity index (χ4n) is 1.73. The fourth-order valence-corrected chi connectivity index (χ4v) is 1.73. The van der Waals surface area contributed by atoms with Crippen molar-refractivity contribution in [3.63, 3.8) is 0 Å². The minimum absolute atomic E-state index is 0.0885. The summed E-state index contributed by atoms with van der Waals surface area (Å²) >= 11 is 0. The predicted molar refractivity (Wildman–Crippen MR) is 67.5 cm³/mol. The number of hydrogen-bond acceptors (Lipinski definition) is 2. The van der Waals surface area contributed by atoms with Crippen LogP contribution in [0.1, 0.15) is 32.4 Å². The van der Waals surface area contributed by atoms with Crippen LogP contribution >= 0.6 is 0 Å². The molecular weight excluding hydrogens is 200 g/mol. The smallest absolute Gasteiger partial charge is 0.250 e. The first kappa shape index (κ1) is 13.0. The molecule has 1 aromatic heterocycles. The van der Waals surface area contributed by atoms with E-state index in [1.807, 2.05) is 17.6 Å². The Kier molecular flexibility index (Phi) is 4.30. The van der Waals surface area contributed by atoms with Gasteiger partial charge in [0, 0.05) is 18.3 Å². The van der Waals surface area contributed by atoms with Crippen molar-refractivity contribution in [3.05, 3.63) is 34.2 Å². The number of nitrogens with zero attached hydrogens (tertiary/aromatic N) is 1. The van der Waals surface area contributed by atoms with Crippen LogP contribution < -0.4 is 11.3 Å². The van der Waals surface area contributed by atoms with E-state index in [9.17, 15) is 4.79 Å². The average Bonchev–Trinajstić information content (AvgIpc) is 2.22. The number of rotatable bonds is 5. The van der Waals surface area contributed by atoms with Gasteiger partial charge in [0.2, 0.25) is 0 Å². The van der Waals surface area contributed by atoms with Crippen molar-refractivity contribution >= 4 is 0 Å². The van der Waals surface area contributed by atoms with E-state index >= 15 is 0 Å². The third-order valence-corrected chi connectivity index (χ3v) is 3.06. The number of nitrogens with two attached hydrogens (primary N) is 1. The second kappa shape index (κ2) is 5.30. The van der Waals surface area contributed by atoms with Crippen LogP contribution in [0.15, 0.2) is 23.0 Å². The maximum absolute atomic E-state index is 11.6. The highest BCUT2D eigenvalue weighted by molar-refractivity contribution is 5.04. The molecule has 3 heteroatoms. The van der Waals surface area contributed by atoms with E-state index < -0.39 is 0 Å². The summed E-state index contributed by atoms with van der Waals surface area (Å²) < 4.78 is 1.83. The van der Waals surface area contributed by atoms with Crippen molar-refractivity contribution in [2.75, 3.05) is 6.54 Å². The number of aryl methyl sites for hydroxylation is 1. The van der Waals surface area contributed by atoms with E-state index in [0.717, 1.165) is 25.1 Å². The quantitative estimate of drug-likeness (QED) is 0.827. The second-order valence-corrected chi connectivity index (χ2v) is 5.13. The normalized spacial score (nSPS) is 11.8. The van der Waals surface area contributed by atoms with Crippen molar-refractivity contribution in [1.29, 1.82) is 0 Å². The minimum atomic E-state index is 0.0885. The first-order valence-electron chi connectivity index (χ1n) is 5.83. The van der Waals surface area contributed by atoms with Crippen molar-refractivity contribution in [3.8, 4) is 0 Å². The maximum atomic E-state index is 11.6. The van der Waals surface area contributed by atoms with Crippen LogP contribution in [0.5, 0.6) is 0 Å². The molecule has 0 aliphatic rings. The lowest BCUT2D eigenvalue weighted by atomic mass is 9.88. The first-order valence-corrected chi connectivity index (χ1v) is 5.83. The Morgan fingerprint density at radius 2 is 2.06 bits per heavy atom. The Morgan fingerprint density at radius 3 is 2.62 bits per heavy atom. The van der Waals surface area contributed by atoms with Crippen LogP contribution in [-0.2, 0) is 6.54 Å². The van der Waals surface area contributed by atoms with Gasteiger partial charge in [0.05, 0.1) is 0 Å². The molecule has 1 rings (SSSR count). The monoisotopic (exact) mass is 222 g/mol. The van der Waals surface area contributed by atoms with E-state index in [-0.39, 0.29) is 11.0 Å². The predicted octanol–water partition coefficient (Wildman–Crippen LogP) is 1.92. The van der Waals surface area contributed by atoms with E-state index in [4.69, 9.17) is 5.73 Å². The highest BCUT2D eigenvalue weighted by atomic mass is 16.1. The minimum Gasteiger partial charge on any atom is -0.330 e. The Bertz CT molecular complexity index is 393. The Labute approximate surface area is 97.3 Å². The molecule has 0 aromatic carbocycles. The largest absolute Gasteiger partial charge is 0.330 e. The molecule has 0 bridgehead atoms. The zero-order valence-corrected chi connectivity index (χ0v) is 10.5. The number of aromatic nitrogens is 1. The van der Waals surface area contributed by atoms with Crippen LogP contribution in [0.2, 0.25) is 0 Å². The van der Waals surface area contributed by atoms with Gasteiger partial charge in [-0.1, -0.05) is 19.9 Å². The summed E-state index contributed by atoms with van der Waals surface area (Å²) in [7, 11) is 0. The summed E-state index contributed by atoms with van der Waals surface area (Å²) in [6.07, 6.45) is 2.04. The zero-order chi connectivity index (χ0) is 12.2. The number of hydrogen-bond donors (Lipinski definition) is 1.